The summed E-state index contributed by atoms with van der Waals surface area (Å²) in [7, 11) is 0. The van der Waals surface area contributed by atoms with Gasteiger partial charge >= 0.3 is 5.97 Å². The number of aliphatic hydroxyl groups excluding tert-OH is 1. The van der Waals surface area contributed by atoms with E-state index in [4.69, 9.17) is 23.2 Å². The molecule has 3 aromatic carbocycles. The highest BCUT2D eigenvalue weighted by atomic mass is 35.5. The lowest BCUT2D eigenvalue weighted by atomic mass is 9.92. The second-order valence-electron chi connectivity index (χ2n) is 8.05. The lowest BCUT2D eigenvalue weighted by Gasteiger charge is -2.20. The van der Waals surface area contributed by atoms with Crippen LogP contribution < -0.4 is 10.9 Å². The first-order valence-electron chi connectivity index (χ1n) is 10.8. The number of carboxylic acid groups (broad SMARTS) is 1. The van der Waals surface area contributed by atoms with Crippen LogP contribution in [0.2, 0.25) is 10.0 Å². The standard InChI is InChI=1S/C25H20Cl2N4O5/c26-16-11-15(12-17(27)13-16)23(33)28-18-7-5-14(6-8-18)22(32)20(25(35)36)9-10-31-24(34)19-3-1-2-4-21(19)29-30-31/h1-8,11-13,20,22,32H,9-10H2,(H,28,33)(H,35,36)/t20-,22+/m0/s1. The lowest BCUT2D eigenvalue weighted by Crippen LogP contribution is -2.29. The fourth-order valence-corrected chi connectivity index (χ4v) is 4.26. The van der Waals surface area contributed by atoms with E-state index in [-0.39, 0.29) is 24.1 Å². The van der Waals surface area contributed by atoms with Crippen molar-refractivity contribution in [1.82, 2.24) is 15.0 Å². The third-order valence-electron chi connectivity index (χ3n) is 5.61. The second-order valence-corrected chi connectivity index (χ2v) is 8.92. The fourth-order valence-electron chi connectivity index (χ4n) is 3.73. The van der Waals surface area contributed by atoms with Crippen molar-refractivity contribution in [3.63, 3.8) is 0 Å². The number of nitrogens with one attached hydrogen (secondary N) is 1. The number of aliphatic hydroxyl groups is 1. The normalized spacial score (nSPS) is 12.8. The average molecular weight is 527 g/mol. The molecule has 1 amide bonds. The molecular weight excluding hydrogens is 507 g/mol. The lowest BCUT2D eigenvalue weighted by molar-refractivity contribution is -0.146. The van der Waals surface area contributed by atoms with E-state index in [2.05, 4.69) is 15.6 Å². The van der Waals surface area contributed by atoms with Gasteiger partial charge < -0.3 is 15.5 Å². The topological polar surface area (TPSA) is 134 Å². The number of halogens is 2. The maximum Gasteiger partial charge on any atom is 0.309 e. The van der Waals surface area contributed by atoms with Gasteiger partial charge in [-0.2, -0.15) is 0 Å². The van der Waals surface area contributed by atoms with E-state index < -0.39 is 23.9 Å². The molecule has 4 aromatic rings. The third kappa shape index (κ3) is 5.71. The maximum absolute atomic E-state index is 12.6. The van der Waals surface area contributed by atoms with Gasteiger partial charge in [0.1, 0.15) is 5.52 Å². The number of carboxylic acids is 1. The zero-order valence-corrected chi connectivity index (χ0v) is 20.1. The van der Waals surface area contributed by atoms with Gasteiger partial charge in [-0.1, -0.05) is 52.7 Å². The van der Waals surface area contributed by atoms with Gasteiger partial charge in [-0.15, -0.1) is 5.10 Å². The summed E-state index contributed by atoms with van der Waals surface area (Å²) in [4.78, 5) is 37.0. The highest BCUT2D eigenvalue weighted by molar-refractivity contribution is 6.35. The molecule has 0 unspecified atom stereocenters. The number of carbonyl (C=O) groups is 2. The Labute approximate surface area is 214 Å². The smallest absolute Gasteiger partial charge is 0.309 e. The number of amides is 1. The van der Waals surface area contributed by atoms with Crippen LogP contribution in [-0.4, -0.2) is 37.1 Å². The van der Waals surface area contributed by atoms with Crippen molar-refractivity contribution < 1.29 is 19.8 Å². The molecule has 9 nitrogen and oxygen atoms in total. The Kier molecular flexibility index (Phi) is 7.64. The van der Waals surface area contributed by atoms with Gasteiger partial charge in [-0.25, -0.2) is 4.68 Å². The number of aliphatic carboxylic acids is 1. The van der Waals surface area contributed by atoms with Gasteiger partial charge in [0.15, 0.2) is 0 Å². The second kappa shape index (κ2) is 10.9. The average Bonchev–Trinajstić information content (AvgIpc) is 2.85. The first-order valence-corrected chi connectivity index (χ1v) is 11.6. The highest BCUT2D eigenvalue weighted by Gasteiger charge is 2.28. The minimum absolute atomic E-state index is 0.0406. The largest absolute Gasteiger partial charge is 0.481 e. The predicted octanol–water partition coefficient (Wildman–Crippen LogP) is 4.18. The summed E-state index contributed by atoms with van der Waals surface area (Å²) < 4.78 is 1.09. The molecule has 0 fully saturated rings. The molecule has 1 heterocycles. The number of hydrogen-bond donors (Lipinski definition) is 3. The molecule has 11 heteroatoms. The summed E-state index contributed by atoms with van der Waals surface area (Å²) >= 11 is 11.9. The van der Waals surface area contributed by atoms with E-state index in [1.54, 1.807) is 36.4 Å². The minimum atomic E-state index is -1.36. The van der Waals surface area contributed by atoms with Crippen LogP contribution in [0.25, 0.3) is 10.9 Å². The van der Waals surface area contributed by atoms with Crippen LogP contribution in [0, 0.1) is 5.92 Å². The van der Waals surface area contributed by atoms with Crippen LogP contribution >= 0.6 is 23.2 Å². The molecule has 4 rings (SSSR count). The summed E-state index contributed by atoms with van der Waals surface area (Å²) in [6.45, 7) is -0.0406. The molecule has 0 aliphatic carbocycles. The Bertz CT molecular complexity index is 1470. The van der Waals surface area contributed by atoms with Crippen molar-refractivity contribution in [2.45, 2.75) is 19.1 Å². The van der Waals surface area contributed by atoms with Crippen LogP contribution in [0.1, 0.15) is 28.4 Å². The van der Waals surface area contributed by atoms with Crippen molar-refractivity contribution in [1.29, 1.82) is 0 Å². The van der Waals surface area contributed by atoms with Gasteiger partial charge in [-0.3, -0.25) is 14.4 Å². The monoisotopic (exact) mass is 526 g/mol. The van der Waals surface area contributed by atoms with Gasteiger partial charge in [0.25, 0.3) is 11.5 Å². The quantitative estimate of drug-likeness (QED) is 0.313. The van der Waals surface area contributed by atoms with E-state index in [0.717, 1.165) is 4.68 Å². The Morgan fingerprint density at radius 1 is 1.00 bits per heavy atom. The third-order valence-corrected chi connectivity index (χ3v) is 6.05. The van der Waals surface area contributed by atoms with Gasteiger partial charge in [0.05, 0.1) is 17.4 Å². The van der Waals surface area contributed by atoms with Crippen molar-refractivity contribution in [2.75, 3.05) is 5.32 Å². The summed E-state index contributed by atoms with van der Waals surface area (Å²) in [5, 5.41) is 32.0. The molecule has 0 saturated carbocycles. The summed E-state index contributed by atoms with van der Waals surface area (Å²) in [6.07, 6.45) is -1.42. The zero-order valence-electron chi connectivity index (χ0n) is 18.6. The van der Waals surface area contributed by atoms with Crippen molar-refractivity contribution in [2.24, 2.45) is 5.92 Å². The number of fused-ring (bicyclic) bond motifs is 1. The highest BCUT2D eigenvalue weighted by Crippen LogP contribution is 2.27. The molecule has 0 bridgehead atoms. The number of anilines is 1. The molecule has 184 valence electrons. The van der Waals surface area contributed by atoms with Crippen LogP contribution in [-0.2, 0) is 11.3 Å². The molecule has 0 saturated heterocycles. The number of hydrogen-bond acceptors (Lipinski definition) is 6. The molecule has 1 aromatic heterocycles. The molecule has 2 atom stereocenters. The maximum atomic E-state index is 12.6. The first-order chi connectivity index (χ1) is 17.2. The Morgan fingerprint density at radius 2 is 1.67 bits per heavy atom. The van der Waals surface area contributed by atoms with Crippen molar-refractivity contribution >= 4 is 51.7 Å². The number of nitrogens with zero attached hydrogens (tertiary/aromatic N) is 3. The molecule has 0 radical (unpaired) electrons. The molecular formula is C25H20Cl2N4O5. The molecule has 0 spiro atoms. The van der Waals surface area contributed by atoms with Crippen LogP contribution in [0.15, 0.2) is 71.5 Å². The summed E-state index contributed by atoms with van der Waals surface area (Å²) in [5.74, 6) is -2.86. The number of aryl methyl sites for hydroxylation is 1. The van der Waals surface area contributed by atoms with E-state index in [0.29, 0.717) is 32.2 Å². The minimum Gasteiger partial charge on any atom is -0.481 e. The summed E-state index contributed by atoms with van der Waals surface area (Å²) in [5.41, 5.74) is 1.09. The van der Waals surface area contributed by atoms with Gasteiger partial charge in [-0.05, 0) is 54.4 Å². The number of carbonyl (C=O) groups excluding carboxylic acids is 1. The van der Waals surface area contributed by atoms with E-state index in [9.17, 15) is 24.6 Å². The Morgan fingerprint density at radius 3 is 2.33 bits per heavy atom. The summed E-state index contributed by atoms with van der Waals surface area (Å²) in [6, 6.07) is 17.3. The molecule has 36 heavy (non-hydrogen) atoms. The SMILES string of the molecule is O=C(Nc1ccc([C@@H](O)[C@H](CCn2nnc3ccccc3c2=O)C(=O)O)cc1)c1cc(Cl)cc(Cl)c1. The van der Waals surface area contributed by atoms with E-state index in [1.165, 1.54) is 30.3 Å². The Hall–Kier alpha value is -3.79. The molecule has 0 aliphatic rings. The van der Waals surface area contributed by atoms with E-state index >= 15 is 0 Å². The van der Waals surface area contributed by atoms with Gasteiger partial charge in [0.2, 0.25) is 0 Å². The Balaban J connectivity index is 1.45. The first kappa shape index (κ1) is 25.3. The number of aromatic nitrogens is 3. The van der Waals surface area contributed by atoms with Gasteiger partial charge in [0, 0.05) is 27.8 Å². The van der Waals surface area contributed by atoms with Crippen molar-refractivity contribution in [3.8, 4) is 0 Å². The zero-order chi connectivity index (χ0) is 25.8. The van der Waals surface area contributed by atoms with Crippen LogP contribution in [0.4, 0.5) is 5.69 Å². The number of rotatable bonds is 8. The number of benzene rings is 3. The van der Waals surface area contributed by atoms with Crippen molar-refractivity contribution in [3.05, 3.63) is 98.3 Å². The molecule has 0 aliphatic heterocycles. The van der Waals surface area contributed by atoms with E-state index in [1.807, 2.05) is 0 Å². The van der Waals surface area contributed by atoms with Crippen LogP contribution in [0.5, 0.6) is 0 Å². The fraction of sp³-hybridized carbons (Fsp3) is 0.160. The molecule has 3 N–H and O–H groups in total. The van der Waals surface area contributed by atoms with Crippen LogP contribution in [0.3, 0.4) is 0 Å². The predicted molar refractivity (Wildman–Crippen MR) is 135 cm³/mol.